The van der Waals surface area contributed by atoms with Crippen molar-refractivity contribution in [3.05, 3.63) is 23.8 Å². The average Bonchev–Trinajstić information content (AvgIpc) is 2.38. The molecule has 0 fully saturated rings. The molecule has 0 heterocycles. The lowest BCUT2D eigenvalue weighted by atomic mass is 9.95. The number of carbonyl (C=O) groups is 2. The highest BCUT2D eigenvalue weighted by Gasteiger charge is 2.27. The number of esters is 1. The lowest BCUT2D eigenvalue weighted by Crippen LogP contribution is -2.22. The molecule has 0 N–H and O–H groups in total. The maximum absolute atomic E-state index is 11.8. The zero-order valence-electron chi connectivity index (χ0n) is 11.6. The van der Waals surface area contributed by atoms with Gasteiger partial charge in [-0.2, -0.15) is 0 Å². The van der Waals surface area contributed by atoms with Gasteiger partial charge in [-0.15, -0.1) is 0 Å². The quantitative estimate of drug-likeness (QED) is 0.581. The highest BCUT2D eigenvalue weighted by molar-refractivity contribution is 6.03. The van der Waals surface area contributed by atoms with Crippen molar-refractivity contribution < 1.29 is 23.8 Å². The smallest absolute Gasteiger partial charge is 0.320 e. The molecule has 1 rings (SSSR count). The molecule has 0 aliphatic rings. The summed E-state index contributed by atoms with van der Waals surface area (Å²) < 4.78 is 15.2. The fraction of sp³-hybridized carbons (Fsp3) is 0.429. The van der Waals surface area contributed by atoms with Gasteiger partial charge in [-0.05, 0) is 31.5 Å². The van der Waals surface area contributed by atoms with Crippen molar-refractivity contribution in [3.63, 3.8) is 0 Å². The molecule has 0 aromatic heterocycles. The summed E-state index contributed by atoms with van der Waals surface area (Å²) in [6, 6.07) is 4.93. The first kappa shape index (κ1) is 15.0. The zero-order valence-corrected chi connectivity index (χ0v) is 11.6. The second kappa shape index (κ2) is 6.78. The molecule has 5 heteroatoms. The molecule has 0 spiro atoms. The number of Topliss-reactive ketones (excluding diaryl/α,β-unsaturated/α-hetero) is 1. The molecule has 5 nitrogen and oxygen atoms in total. The van der Waals surface area contributed by atoms with Gasteiger partial charge in [0.1, 0.15) is 11.7 Å². The van der Waals surface area contributed by atoms with Gasteiger partial charge in [-0.25, -0.2) is 0 Å². The van der Waals surface area contributed by atoms with E-state index in [4.69, 9.17) is 14.2 Å². The molecule has 0 aliphatic heterocycles. The van der Waals surface area contributed by atoms with Crippen LogP contribution < -0.4 is 9.47 Å². The lowest BCUT2D eigenvalue weighted by Gasteiger charge is -2.15. The van der Waals surface area contributed by atoms with Crippen LogP contribution in [-0.2, 0) is 14.3 Å². The summed E-state index contributed by atoms with van der Waals surface area (Å²) in [5, 5.41) is 0. The summed E-state index contributed by atoms with van der Waals surface area (Å²) >= 11 is 0. The highest BCUT2D eigenvalue weighted by atomic mass is 16.5. The number of hydrogen-bond donors (Lipinski definition) is 0. The minimum absolute atomic E-state index is 0.232. The number of rotatable bonds is 6. The van der Waals surface area contributed by atoms with E-state index in [2.05, 4.69) is 0 Å². The fourth-order valence-corrected chi connectivity index (χ4v) is 1.79. The molecule has 0 aliphatic carbocycles. The van der Waals surface area contributed by atoms with Crippen LogP contribution in [0.5, 0.6) is 11.5 Å². The van der Waals surface area contributed by atoms with Gasteiger partial charge in [-0.1, -0.05) is 6.07 Å². The molecule has 0 saturated carbocycles. The average molecular weight is 266 g/mol. The minimum Gasteiger partial charge on any atom is -0.493 e. The van der Waals surface area contributed by atoms with Crippen molar-refractivity contribution >= 4 is 11.8 Å². The van der Waals surface area contributed by atoms with E-state index in [0.717, 1.165) is 0 Å². The van der Waals surface area contributed by atoms with E-state index in [9.17, 15) is 9.59 Å². The summed E-state index contributed by atoms with van der Waals surface area (Å²) in [4.78, 5) is 23.5. The van der Waals surface area contributed by atoms with Gasteiger partial charge in [0.15, 0.2) is 11.5 Å². The van der Waals surface area contributed by atoms with Crippen LogP contribution >= 0.6 is 0 Å². The van der Waals surface area contributed by atoms with Crippen LogP contribution in [0.15, 0.2) is 18.2 Å². The summed E-state index contributed by atoms with van der Waals surface area (Å²) in [6.07, 6.45) is 0. The lowest BCUT2D eigenvalue weighted by molar-refractivity contribution is -0.147. The van der Waals surface area contributed by atoms with Crippen LogP contribution in [0.25, 0.3) is 0 Å². The van der Waals surface area contributed by atoms with Crippen LogP contribution in [0, 0.1) is 0 Å². The van der Waals surface area contributed by atoms with E-state index < -0.39 is 11.9 Å². The number of methoxy groups -OCH3 is 2. The molecule has 0 bridgehead atoms. The van der Waals surface area contributed by atoms with Gasteiger partial charge in [0.25, 0.3) is 0 Å². The molecule has 0 saturated heterocycles. The number of benzene rings is 1. The van der Waals surface area contributed by atoms with Crippen molar-refractivity contribution in [1.82, 2.24) is 0 Å². The third-order valence-electron chi connectivity index (χ3n) is 2.67. The van der Waals surface area contributed by atoms with E-state index in [1.807, 2.05) is 0 Å². The molecule has 1 atom stereocenters. The molecule has 1 aromatic rings. The van der Waals surface area contributed by atoms with Crippen LogP contribution in [0.2, 0.25) is 0 Å². The van der Waals surface area contributed by atoms with Gasteiger partial charge in [-0.3, -0.25) is 9.59 Å². The molecule has 19 heavy (non-hydrogen) atoms. The Morgan fingerprint density at radius 2 is 1.79 bits per heavy atom. The first-order valence-corrected chi connectivity index (χ1v) is 5.94. The Labute approximate surface area is 112 Å². The first-order valence-electron chi connectivity index (χ1n) is 5.94. The van der Waals surface area contributed by atoms with Crippen molar-refractivity contribution in [3.8, 4) is 11.5 Å². The number of ketones is 1. The maximum Gasteiger partial charge on any atom is 0.320 e. The predicted octanol–water partition coefficient (Wildman–Crippen LogP) is 1.94. The summed E-state index contributed by atoms with van der Waals surface area (Å²) in [5.74, 6) is -0.749. The number of hydrogen-bond acceptors (Lipinski definition) is 5. The molecule has 1 unspecified atom stereocenters. The monoisotopic (exact) mass is 266 g/mol. The largest absolute Gasteiger partial charge is 0.493 e. The van der Waals surface area contributed by atoms with Gasteiger partial charge >= 0.3 is 5.97 Å². The normalized spacial score (nSPS) is 11.6. The van der Waals surface area contributed by atoms with Crippen molar-refractivity contribution in [2.45, 2.75) is 19.8 Å². The third-order valence-corrected chi connectivity index (χ3v) is 2.67. The van der Waals surface area contributed by atoms with Crippen LogP contribution in [-0.4, -0.2) is 32.6 Å². The highest BCUT2D eigenvalue weighted by Crippen LogP contribution is 2.31. The van der Waals surface area contributed by atoms with Crippen LogP contribution in [0.4, 0.5) is 0 Å². The molecule has 104 valence electrons. The summed E-state index contributed by atoms with van der Waals surface area (Å²) in [5.41, 5.74) is 0.531. The Balaban J connectivity index is 3.16. The molecule has 0 amide bonds. The number of ether oxygens (including phenoxy) is 3. The van der Waals surface area contributed by atoms with Crippen LogP contribution in [0.1, 0.15) is 25.3 Å². The van der Waals surface area contributed by atoms with Gasteiger partial charge in [0.2, 0.25) is 0 Å². The van der Waals surface area contributed by atoms with Crippen LogP contribution in [0.3, 0.4) is 0 Å². The Morgan fingerprint density at radius 3 is 2.26 bits per heavy atom. The third kappa shape index (κ3) is 3.47. The summed E-state index contributed by atoms with van der Waals surface area (Å²) in [6.45, 7) is 3.29. The van der Waals surface area contributed by atoms with Gasteiger partial charge in [0, 0.05) is 0 Å². The van der Waals surface area contributed by atoms with Crippen molar-refractivity contribution in [2.75, 3.05) is 20.8 Å². The fourth-order valence-electron chi connectivity index (χ4n) is 1.79. The van der Waals surface area contributed by atoms with Crippen molar-refractivity contribution in [2.24, 2.45) is 0 Å². The molecule has 0 radical (unpaired) electrons. The SMILES string of the molecule is CCOC(=O)C(C(C)=O)c1ccc(OC)c(OC)c1. The topological polar surface area (TPSA) is 61.8 Å². The number of carbonyl (C=O) groups excluding carboxylic acids is 2. The molecular formula is C14H18O5. The Bertz CT molecular complexity index is 467. The van der Waals surface area contributed by atoms with E-state index in [-0.39, 0.29) is 12.4 Å². The second-order valence-electron chi connectivity index (χ2n) is 3.91. The van der Waals surface area contributed by atoms with Gasteiger partial charge < -0.3 is 14.2 Å². The molecular weight excluding hydrogens is 248 g/mol. The Hall–Kier alpha value is -2.04. The Kier molecular flexibility index (Phi) is 5.36. The van der Waals surface area contributed by atoms with E-state index >= 15 is 0 Å². The standard InChI is InChI=1S/C14H18O5/c1-5-19-14(16)13(9(2)15)10-6-7-11(17-3)12(8-10)18-4/h6-8,13H,5H2,1-4H3. The summed E-state index contributed by atoms with van der Waals surface area (Å²) in [7, 11) is 3.01. The maximum atomic E-state index is 11.8. The van der Waals surface area contributed by atoms with E-state index in [0.29, 0.717) is 17.1 Å². The molecule has 1 aromatic carbocycles. The van der Waals surface area contributed by atoms with Gasteiger partial charge in [0.05, 0.1) is 20.8 Å². The predicted molar refractivity (Wildman–Crippen MR) is 69.6 cm³/mol. The zero-order chi connectivity index (χ0) is 14.4. The van der Waals surface area contributed by atoms with E-state index in [1.54, 1.807) is 25.1 Å². The second-order valence-corrected chi connectivity index (χ2v) is 3.91. The Morgan fingerprint density at radius 1 is 1.16 bits per heavy atom. The first-order chi connectivity index (χ1) is 9.04. The van der Waals surface area contributed by atoms with Crippen molar-refractivity contribution in [1.29, 1.82) is 0 Å². The minimum atomic E-state index is -0.931. The van der Waals surface area contributed by atoms with E-state index in [1.165, 1.54) is 21.1 Å².